The number of ether oxygens (including phenoxy) is 2. The van der Waals surface area contributed by atoms with Gasteiger partial charge in [-0.3, -0.25) is 4.79 Å². The summed E-state index contributed by atoms with van der Waals surface area (Å²) in [5, 5.41) is 0. The third-order valence-electron chi connectivity index (χ3n) is 5.61. The SMILES string of the molecule is O=C(N1CCO[C@H](c2ccccc2)C1)C1(c2ccccc2)CCOCC1. The second-order valence-electron chi connectivity index (χ2n) is 7.08. The van der Waals surface area contributed by atoms with Gasteiger partial charge in [0, 0.05) is 19.8 Å². The van der Waals surface area contributed by atoms with Crippen LogP contribution in [-0.2, 0) is 19.7 Å². The predicted molar refractivity (Wildman–Crippen MR) is 99.9 cm³/mol. The number of morpholine rings is 1. The van der Waals surface area contributed by atoms with Crippen LogP contribution in [0.15, 0.2) is 60.7 Å². The molecule has 4 heteroatoms. The van der Waals surface area contributed by atoms with Crippen molar-refractivity contribution in [2.45, 2.75) is 24.4 Å². The van der Waals surface area contributed by atoms with Crippen molar-refractivity contribution in [1.29, 1.82) is 0 Å². The Labute approximate surface area is 154 Å². The maximum Gasteiger partial charge on any atom is 0.233 e. The van der Waals surface area contributed by atoms with Gasteiger partial charge in [-0.05, 0) is 24.0 Å². The van der Waals surface area contributed by atoms with Gasteiger partial charge in [0.1, 0.15) is 6.10 Å². The highest BCUT2D eigenvalue weighted by Gasteiger charge is 2.45. The van der Waals surface area contributed by atoms with Crippen LogP contribution in [0.5, 0.6) is 0 Å². The number of benzene rings is 2. The highest BCUT2D eigenvalue weighted by atomic mass is 16.5. The largest absolute Gasteiger partial charge is 0.381 e. The summed E-state index contributed by atoms with van der Waals surface area (Å²) in [7, 11) is 0. The van der Waals surface area contributed by atoms with Gasteiger partial charge in [0.05, 0.1) is 18.6 Å². The number of carbonyl (C=O) groups is 1. The molecule has 26 heavy (non-hydrogen) atoms. The molecule has 4 rings (SSSR count). The zero-order valence-electron chi connectivity index (χ0n) is 15.0. The minimum atomic E-state index is -0.474. The molecule has 2 saturated heterocycles. The molecule has 0 N–H and O–H groups in total. The van der Waals surface area contributed by atoms with Crippen molar-refractivity contribution in [3.63, 3.8) is 0 Å². The molecule has 1 atom stereocenters. The number of hydrogen-bond donors (Lipinski definition) is 0. The molecule has 2 aromatic carbocycles. The molecule has 0 radical (unpaired) electrons. The maximum absolute atomic E-state index is 13.7. The average Bonchev–Trinajstić information content (AvgIpc) is 2.75. The van der Waals surface area contributed by atoms with Gasteiger partial charge in [-0.25, -0.2) is 0 Å². The van der Waals surface area contributed by atoms with Crippen molar-refractivity contribution >= 4 is 5.91 Å². The van der Waals surface area contributed by atoms with Crippen molar-refractivity contribution in [2.75, 3.05) is 32.9 Å². The summed E-state index contributed by atoms with van der Waals surface area (Å²) in [6, 6.07) is 20.4. The quantitative estimate of drug-likeness (QED) is 0.851. The van der Waals surface area contributed by atoms with E-state index in [2.05, 4.69) is 24.3 Å². The van der Waals surface area contributed by atoms with Crippen LogP contribution in [0.25, 0.3) is 0 Å². The topological polar surface area (TPSA) is 38.8 Å². The summed E-state index contributed by atoms with van der Waals surface area (Å²) in [5.74, 6) is 0.219. The average molecular weight is 351 g/mol. The lowest BCUT2D eigenvalue weighted by Crippen LogP contribution is -2.53. The molecule has 136 valence electrons. The van der Waals surface area contributed by atoms with Crippen LogP contribution >= 0.6 is 0 Å². The normalized spacial score (nSPS) is 22.8. The lowest BCUT2D eigenvalue weighted by Gasteiger charge is -2.42. The van der Waals surface area contributed by atoms with Crippen LogP contribution in [0.3, 0.4) is 0 Å². The van der Waals surface area contributed by atoms with Crippen molar-refractivity contribution in [3.8, 4) is 0 Å². The Morgan fingerprint density at radius 2 is 1.58 bits per heavy atom. The standard InChI is InChI=1S/C22H25NO3/c24-21(22(11-14-25-15-12-22)19-9-5-2-6-10-19)23-13-16-26-20(17-23)18-7-3-1-4-8-18/h1-10,20H,11-17H2/t20-/m0/s1. The van der Waals surface area contributed by atoms with Gasteiger partial charge >= 0.3 is 0 Å². The number of rotatable bonds is 3. The molecule has 0 aromatic heterocycles. The summed E-state index contributed by atoms with van der Waals surface area (Å²) >= 11 is 0. The lowest BCUT2D eigenvalue weighted by atomic mass is 9.73. The Hall–Kier alpha value is -2.17. The second kappa shape index (κ2) is 7.60. The molecule has 2 aliphatic rings. The van der Waals surface area contributed by atoms with Crippen LogP contribution in [-0.4, -0.2) is 43.7 Å². The van der Waals surface area contributed by atoms with E-state index in [1.54, 1.807) is 0 Å². The molecule has 2 aromatic rings. The molecule has 0 bridgehead atoms. The van der Waals surface area contributed by atoms with E-state index in [0.29, 0.717) is 32.9 Å². The maximum atomic E-state index is 13.7. The van der Waals surface area contributed by atoms with E-state index in [1.165, 1.54) is 0 Å². The van der Waals surface area contributed by atoms with E-state index >= 15 is 0 Å². The Balaban J connectivity index is 1.59. The van der Waals surface area contributed by atoms with Crippen molar-refractivity contribution in [1.82, 2.24) is 4.90 Å². The molecule has 0 saturated carbocycles. The smallest absolute Gasteiger partial charge is 0.233 e. The highest BCUT2D eigenvalue weighted by molar-refractivity contribution is 5.88. The molecule has 0 aliphatic carbocycles. The second-order valence-corrected chi connectivity index (χ2v) is 7.08. The molecule has 0 unspecified atom stereocenters. The first-order valence-corrected chi connectivity index (χ1v) is 9.39. The van der Waals surface area contributed by atoms with Gasteiger partial charge in [-0.15, -0.1) is 0 Å². The molecule has 2 heterocycles. The monoisotopic (exact) mass is 351 g/mol. The van der Waals surface area contributed by atoms with Crippen molar-refractivity contribution in [3.05, 3.63) is 71.8 Å². The Bertz CT molecular complexity index is 726. The number of nitrogens with zero attached hydrogens (tertiary/aromatic N) is 1. The van der Waals surface area contributed by atoms with Crippen LogP contribution in [0.2, 0.25) is 0 Å². The molecule has 1 amide bonds. The Kier molecular flexibility index (Phi) is 5.05. The Morgan fingerprint density at radius 3 is 2.27 bits per heavy atom. The van der Waals surface area contributed by atoms with E-state index in [4.69, 9.17) is 9.47 Å². The zero-order valence-corrected chi connectivity index (χ0v) is 15.0. The van der Waals surface area contributed by atoms with Gasteiger partial charge < -0.3 is 14.4 Å². The van der Waals surface area contributed by atoms with Gasteiger partial charge in [0.15, 0.2) is 0 Å². The van der Waals surface area contributed by atoms with Crippen LogP contribution in [0.1, 0.15) is 30.1 Å². The van der Waals surface area contributed by atoms with Crippen molar-refractivity contribution in [2.24, 2.45) is 0 Å². The molecule has 4 nitrogen and oxygen atoms in total. The summed E-state index contributed by atoms with van der Waals surface area (Å²) in [4.78, 5) is 15.7. The van der Waals surface area contributed by atoms with Crippen molar-refractivity contribution < 1.29 is 14.3 Å². The zero-order chi connectivity index (χ0) is 17.8. The van der Waals surface area contributed by atoms with E-state index in [1.807, 2.05) is 41.3 Å². The van der Waals surface area contributed by atoms with Gasteiger partial charge in [-0.2, -0.15) is 0 Å². The van der Waals surface area contributed by atoms with Gasteiger partial charge in [0.2, 0.25) is 5.91 Å². The third kappa shape index (κ3) is 3.27. The first-order valence-electron chi connectivity index (χ1n) is 9.39. The van der Waals surface area contributed by atoms with E-state index in [0.717, 1.165) is 24.0 Å². The molecule has 2 aliphatic heterocycles. The highest BCUT2D eigenvalue weighted by Crippen LogP contribution is 2.38. The summed E-state index contributed by atoms with van der Waals surface area (Å²) in [6.45, 7) is 3.10. The lowest BCUT2D eigenvalue weighted by molar-refractivity contribution is -0.149. The van der Waals surface area contributed by atoms with E-state index in [9.17, 15) is 4.79 Å². The molecule has 2 fully saturated rings. The summed E-state index contributed by atoms with van der Waals surface area (Å²) in [6.07, 6.45) is 1.42. The minimum Gasteiger partial charge on any atom is -0.381 e. The minimum absolute atomic E-state index is 0.0541. The number of hydrogen-bond acceptors (Lipinski definition) is 3. The fourth-order valence-corrected chi connectivity index (χ4v) is 4.11. The third-order valence-corrected chi connectivity index (χ3v) is 5.61. The Morgan fingerprint density at radius 1 is 0.923 bits per heavy atom. The number of carbonyl (C=O) groups excluding carboxylic acids is 1. The van der Waals surface area contributed by atoms with Crippen LogP contribution in [0.4, 0.5) is 0 Å². The van der Waals surface area contributed by atoms with Crippen LogP contribution in [0, 0.1) is 0 Å². The first kappa shape index (κ1) is 17.3. The fraction of sp³-hybridized carbons (Fsp3) is 0.409. The molecular weight excluding hydrogens is 326 g/mol. The van der Waals surface area contributed by atoms with E-state index < -0.39 is 5.41 Å². The molecule has 0 spiro atoms. The molecular formula is C22H25NO3. The van der Waals surface area contributed by atoms with E-state index in [-0.39, 0.29) is 12.0 Å². The van der Waals surface area contributed by atoms with Gasteiger partial charge in [-0.1, -0.05) is 60.7 Å². The number of amides is 1. The fourth-order valence-electron chi connectivity index (χ4n) is 4.11. The summed E-state index contributed by atoms with van der Waals surface area (Å²) < 4.78 is 11.5. The summed E-state index contributed by atoms with van der Waals surface area (Å²) in [5.41, 5.74) is 1.76. The first-order chi connectivity index (χ1) is 12.8. The van der Waals surface area contributed by atoms with Crippen LogP contribution < -0.4 is 0 Å². The predicted octanol–water partition coefficient (Wildman–Crippen LogP) is 3.33. The van der Waals surface area contributed by atoms with Gasteiger partial charge in [0.25, 0.3) is 0 Å².